The van der Waals surface area contributed by atoms with Gasteiger partial charge in [-0.1, -0.05) is 41.4 Å². The van der Waals surface area contributed by atoms with E-state index in [0.717, 1.165) is 12.1 Å². The maximum Gasteiger partial charge on any atom is 0.289 e. The van der Waals surface area contributed by atoms with E-state index in [2.05, 4.69) is 4.72 Å². The Labute approximate surface area is 130 Å². The molecule has 0 aromatic heterocycles. The van der Waals surface area contributed by atoms with Crippen LogP contribution in [0.2, 0.25) is 10.0 Å². The zero-order valence-corrected chi connectivity index (χ0v) is 12.6. The van der Waals surface area contributed by atoms with Crippen molar-refractivity contribution in [2.75, 3.05) is 4.72 Å². The van der Waals surface area contributed by atoms with Gasteiger partial charge in [0.25, 0.3) is 15.7 Å². The summed E-state index contributed by atoms with van der Waals surface area (Å²) in [4.78, 5) is 9.53. The van der Waals surface area contributed by atoms with Gasteiger partial charge < -0.3 is 0 Å². The van der Waals surface area contributed by atoms with E-state index in [1.54, 1.807) is 18.2 Å². The maximum atomic E-state index is 12.3. The van der Waals surface area contributed by atoms with Gasteiger partial charge >= 0.3 is 0 Å². The van der Waals surface area contributed by atoms with Gasteiger partial charge in [0.1, 0.15) is 9.92 Å². The van der Waals surface area contributed by atoms with Crippen LogP contribution in [0, 0.1) is 10.1 Å². The molecule has 6 nitrogen and oxygen atoms in total. The van der Waals surface area contributed by atoms with Crippen molar-refractivity contribution in [1.82, 2.24) is 0 Å². The van der Waals surface area contributed by atoms with E-state index in [9.17, 15) is 18.5 Å². The summed E-state index contributed by atoms with van der Waals surface area (Å²) in [6, 6.07) is 10.2. The summed E-state index contributed by atoms with van der Waals surface area (Å²) in [6.45, 7) is 0. The number of anilines is 1. The molecule has 1 N–H and O–H groups in total. The second-order valence-electron chi connectivity index (χ2n) is 3.94. The average molecular weight is 347 g/mol. The molecule has 2 rings (SSSR count). The average Bonchev–Trinajstić information content (AvgIpc) is 2.38. The first-order valence-corrected chi connectivity index (χ1v) is 7.77. The summed E-state index contributed by atoms with van der Waals surface area (Å²) in [5.74, 6) is 0. The number of sulfonamides is 1. The Bertz CT molecular complexity index is 794. The first-order chi connectivity index (χ1) is 9.83. The smallest absolute Gasteiger partial charge is 0.280 e. The molecule has 0 aliphatic heterocycles. The standard InChI is InChI=1S/C12H8Cl2N2O4S/c13-9-6-7-10(16(17)18)11(14)12(9)21(19,20)15-8-4-2-1-3-5-8/h1-7,15H. The highest BCUT2D eigenvalue weighted by atomic mass is 35.5. The van der Waals surface area contributed by atoms with E-state index in [4.69, 9.17) is 23.2 Å². The van der Waals surface area contributed by atoms with Crippen LogP contribution in [-0.2, 0) is 10.0 Å². The van der Waals surface area contributed by atoms with Gasteiger partial charge in [-0.25, -0.2) is 8.42 Å². The summed E-state index contributed by atoms with van der Waals surface area (Å²) in [7, 11) is -4.15. The van der Waals surface area contributed by atoms with Crippen LogP contribution >= 0.6 is 23.2 Å². The number of hydrogen-bond acceptors (Lipinski definition) is 4. The van der Waals surface area contributed by atoms with Crippen LogP contribution in [0.25, 0.3) is 0 Å². The lowest BCUT2D eigenvalue weighted by molar-refractivity contribution is -0.384. The van der Waals surface area contributed by atoms with Crippen molar-refractivity contribution in [3.8, 4) is 0 Å². The fourth-order valence-electron chi connectivity index (χ4n) is 1.62. The van der Waals surface area contributed by atoms with E-state index in [1.807, 2.05) is 0 Å². The van der Waals surface area contributed by atoms with Crippen molar-refractivity contribution in [2.24, 2.45) is 0 Å². The van der Waals surface area contributed by atoms with Crippen molar-refractivity contribution < 1.29 is 13.3 Å². The molecule has 9 heteroatoms. The first-order valence-electron chi connectivity index (χ1n) is 5.53. The number of nitrogens with one attached hydrogen (secondary N) is 1. The normalized spacial score (nSPS) is 11.1. The lowest BCUT2D eigenvalue weighted by atomic mass is 10.3. The van der Waals surface area contributed by atoms with Crippen molar-refractivity contribution in [3.05, 3.63) is 62.6 Å². The molecular formula is C12H8Cl2N2O4S. The van der Waals surface area contributed by atoms with Crippen LogP contribution in [0.15, 0.2) is 47.4 Å². The molecule has 2 aromatic rings. The molecule has 110 valence electrons. The van der Waals surface area contributed by atoms with E-state index in [1.165, 1.54) is 12.1 Å². The van der Waals surface area contributed by atoms with E-state index >= 15 is 0 Å². The van der Waals surface area contributed by atoms with Crippen LogP contribution in [0.5, 0.6) is 0 Å². The number of nitrogens with zero attached hydrogens (tertiary/aromatic N) is 1. The number of nitro groups is 1. The summed E-state index contributed by atoms with van der Waals surface area (Å²) in [6.07, 6.45) is 0. The van der Waals surface area contributed by atoms with Crippen molar-refractivity contribution in [1.29, 1.82) is 0 Å². The monoisotopic (exact) mass is 346 g/mol. The third kappa shape index (κ3) is 3.26. The van der Waals surface area contributed by atoms with Gasteiger partial charge in [0.2, 0.25) is 0 Å². The maximum absolute atomic E-state index is 12.3. The van der Waals surface area contributed by atoms with Crippen LogP contribution in [0.4, 0.5) is 11.4 Å². The zero-order valence-electron chi connectivity index (χ0n) is 10.3. The lowest BCUT2D eigenvalue weighted by Crippen LogP contribution is -2.14. The van der Waals surface area contributed by atoms with Crippen molar-refractivity contribution >= 4 is 44.6 Å². The van der Waals surface area contributed by atoms with E-state index < -0.39 is 30.6 Å². The molecular weight excluding hydrogens is 339 g/mol. The fraction of sp³-hybridized carbons (Fsp3) is 0. The van der Waals surface area contributed by atoms with Gasteiger partial charge in [0.05, 0.1) is 9.95 Å². The third-order valence-corrected chi connectivity index (χ3v) is 4.91. The van der Waals surface area contributed by atoms with Gasteiger partial charge in [0.15, 0.2) is 0 Å². The molecule has 0 saturated heterocycles. The number of rotatable bonds is 4. The van der Waals surface area contributed by atoms with Gasteiger partial charge in [-0.05, 0) is 18.2 Å². The molecule has 0 atom stereocenters. The van der Waals surface area contributed by atoms with Gasteiger partial charge in [-0.2, -0.15) is 0 Å². The predicted molar refractivity (Wildman–Crippen MR) is 80.4 cm³/mol. The summed E-state index contributed by atoms with van der Waals surface area (Å²) in [5, 5.41) is 10.1. The van der Waals surface area contributed by atoms with Gasteiger partial charge in [-0.15, -0.1) is 0 Å². The molecule has 0 amide bonds. The quantitative estimate of drug-likeness (QED) is 0.674. The molecule has 0 unspecified atom stereocenters. The highest BCUT2D eigenvalue weighted by Gasteiger charge is 2.28. The third-order valence-electron chi connectivity index (χ3n) is 2.52. The Morgan fingerprint density at radius 1 is 1.05 bits per heavy atom. The highest BCUT2D eigenvalue weighted by molar-refractivity contribution is 7.93. The fourth-order valence-corrected chi connectivity index (χ4v) is 3.88. The van der Waals surface area contributed by atoms with Crippen LogP contribution in [0.3, 0.4) is 0 Å². The van der Waals surface area contributed by atoms with Crippen LogP contribution in [-0.4, -0.2) is 13.3 Å². The number of para-hydroxylation sites is 1. The number of halogens is 2. The highest BCUT2D eigenvalue weighted by Crippen LogP contribution is 2.37. The van der Waals surface area contributed by atoms with Crippen molar-refractivity contribution in [2.45, 2.75) is 4.90 Å². The van der Waals surface area contributed by atoms with Gasteiger partial charge in [0, 0.05) is 11.8 Å². The van der Waals surface area contributed by atoms with Crippen LogP contribution in [0.1, 0.15) is 0 Å². The summed E-state index contributed by atoms with van der Waals surface area (Å²) < 4.78 is 26.9. The van der Waals surface area contributed by atoms with E-state index in [0.29, 0.717) is 0 Å². The molecule has 0 aliphatic rings. The number of nitro benzene ring substituents is 1. The Balaban J connectivity index is 2.55. The largest absolute Gasteiger partial charge is 0.289 e. The molecule has 0 heterocycles. The predicted octanol–water partition coefficient (Wildman–Crippen LogP) is 3.70. The lowest BCUT2D eigenvalue weighted by Gasteiger charge is -2.11. The minimum Gasteiger partial charge on any atom is -0.280 e. The Morgan fingerprint density at radius 3 is 2.24 bits per heavy atom. The number of hydrogen-bond donors (Lipinski definition) is 1. The minimum absolute atomic E-state index is 0.200. The second kappa shape index (κ2) is 5.88. The molecule has 0 saturated carbocycles. The molecule has 2 aromatic carbocycles. The van der Waals surface area contributed by atoms with E-state index in [-0.39, 0.29) is 10.7 Å². The Hall–Kier alpha value is -1.83. The zero-order chi connectivity index (χ0) is 15.6. The summed E-state index contributed by atoms with van der Waals surface area (Å²) in [5.41, 5.74) is -0.245. The topological polar surface area (TPSA) is 89.3 Å². The number of benzene rings is 2. The molecule has 21 heavy (non-hydrogen) atoms. The minimum atomic E-state index is -4.15. The van der Waals surface area contributed by atoms with Crippen molar-refractivity contribution in [3.63, 3.8) is 0 Å². The SMILES string of the molecule is O=[N+]([O-])c1ccc(Cl)c(S(=O)(=O)Nc2ccccc2)c1Cl. The Kier molecular flexibility index (Phi) is 4.36. The second-order valence-corrected chi connectivity index (χ2v) is 6.34. The molecule has 0 aliphatic carbocycles. The summed E-state index contributed by atoms with van der Waals surface area (Å²) >= 11 is 11.6. The molecule has 0 spiro atoms. The molecule has 0 fully saturated rings. The first kappa shape index (κ1) is 15.6. The van der Waals surface area contributed by atoms with Crippen LogP contribution < -0.4 is 4.72 Å². The molecule has 0 bridgehead atoms. The Morgan fingerprint density at radius 2 is 1.67 bits per heavy atom. The van der Waals surface area contributed by atoms with Gasteiger partial charge in [-0.3, -0.25) is 14.8 Å². The molecule has 0 radical (unpaired) electrons.